The first-order valence-corrected chi connectivity index (χ1v) is 6.17. The Hall–Kier alpha value is -2.15. The number of aromatic nitrogens is 1. The molecule has 18 heavy (non-hydrogen) atoms. The van der Waals surface area contributed by atoms with Crippen molar-refractivity contribution in [2.24, 2.45) is 0 Å². The van der Waals surface area contributed by atoms with Gasteiger partial charge in [-0.3, -0.25) is 4.98 Å². The molecule has 0 bridgehead atoms. The molecule has 0 saturated heterocycles. The van der Waals surface area contributed by atoms with E-state index in [1.165, 1.54) is 21.9 Å². The molecular weight excluding hydrogens is 218 g/mol. The van der Waals surface area contributed by atoms with Gasteiger partial charge in [0.25, 0.3) is 0 Å². The smallest absolute Gasteiger partial charge is 0.0783 e. The molecule has 0 spiro atoms. The predicted octanol–water partition coefficient (Wildman–Crippen LogP) is 4.52. The second-order valence-corrected chi connectivity index (χ2v) is 4.70. The highest BCUT2D eigenvalue weighted by Crippen LogP contribution is 2.27. The lowest BCUT2D eigenvalue weighted by atomic mass is 10.0. The molecule has 0 atom stereocenters. The standard InChI is InChI=1S/C17H15N/c1-12-8-9-16-15(10-12)11-13(2)18-17(16)14-6-4-3-5-7-14/h3-11H,1-2H3. The first-order chi connectivity index (χ1) is 8.74. The minimum atomic E-state index is 1.06. The molecule has 0 N–H and O–H groups in total. The van der Waals surface area contributed by atoms with Gasteiger partial charge in [0.2, 0.25) is 0 Å². The summed E-state index contributed by atoms with van der Waals surface area (Å²) in [7, 11) is 0. The van der Waals surface area contributed by atoms with Crippen molar-refractivity contribution in [1.29, 1.82) is 0 Å². The van der Waals surface area contributed by atoms with E-state index in [1.54, 1.807) is 0 Å². The number of hydrogen-bond acceptors (Lipinski definition) is 1. The van der Waals surface area contributed by atoms with Crippen LogP contribution in [0.15, 0.2) is 54.6 Å². The van der Waals surface area contributed by atoms with Crippen molar-refractivity contribution in [3.63, 3.8) is 0 Å². The van der Waals surface area contributed by atoms with Crippen molar-refractivity contribution in [2.45, 2.75) is 13.8 Å². The molecule has 1 heterocycles. The summed E-state index contributed by atoms with van der Waals surface area (Å²) in [5, 5.41) is 2.48. The van der Waals surface area contributed by atoms with Crippen molar-refractivity contribution in [2.75, 3.05) is 0 Å². The van der Waals surface area contributed by atoms with Crippen LogP contribution in [0.2, 0.25) is 0 Å². The fourth-order valence-corrected chi connectivity index (χ4v) is 2.33. The van der Waals surface area contributed by atoms with Crippen LogP contribution in [-0.2, 0) is 0 Å². The maximum Gasteiger partial charge on any atom is 0.0783 e. The minimum Gasteiger partial charge on any atom is -0.252 e. The SMILES string of the molecule is Cc1ccc2c(-c3ccccc3)nc(C)cc2c1. The maximum absolute atomic E-state index is 4.70. The number of nitrogens with zero attached hydrogens (tertiary/aromatic N) is 1. The molecule has 0 fully saturated rings. The first-order valence-electron chi connectivity index (χ1n) is 6.17. The van der Waals surface area contributed by atoms with Gasteiger partial charge in [-0.2, -0.15) is 0 Å². The van der Waals surface area contributed by atoms with Gasteiger partial charge in [-0.25, -0.2) is 0 Å². The molecule has 0 aliphatic rings. The minimum absolute atomic E-state index is 1.06. The van der Waals surface area contributed by atoms with Gasteiger partial charge in [0.1, 0.15) is 0 Å². The topological polar surface area (TPSA) is 12.9 Å². The van der Waals surface area contributed by atoms with Gasteiger partial charge < -0.3 is 0 Å². The number of rotatable bonds is 1. The van der Waals surface area contributed by atoms with Crippen LogP contribution in [0.1, 0.15) is 11.3 Å². The molecule has 0 unspecified atom stereocenters. The summed E-state index contributed by atoms with van der Waals surface area (Å²) >= 11 is 0. The van der Waals surface area contributed by atoms with Crippen LogP contribution in [0.4, 0.5) is 0 Å². The zero-order valence-corrected chi connectivity index (χ0v) is 10.6. The van der Waals surface area contributed by atoms with Crippen molar-refractivity contribution in [3.8, 4) is 11.3 Å². The summed E-state index contributed by atoms with van der Waals surface area (Å²) in [5.41, 5.74) is 4.60. The monoisotopic (exact) mass is 233 g/mol. The molecule has 1 aromatic heterocycles. The van der Waals surface area contributed by atoms with Gasteiger partial charge in [-0.1, -0.05) is 54.1 Å². The normalized spacial score (nSPS) is 10.8. The van der Waals surface area contributed by atoms with Crippen LogP contribution >= 0.6 is 0 Å². The number of fused-ring (bicyclic) bond motifs is 1. The van der Waals surface area contributed by atoms with E-state index in [9.17, 15) is 0 Å². The van der Waals surface area contributed by atoms with E-state index < -0.39 is 0 Å². The number of benzene rings is 2. The molecule has 1 nitrogen and oxygen atoms in total. The van der Waals surface area contributed by atoms with E-state index in [2.05, 4.69) is 55.5 Å². The molecule has 3 aromatic rings. The van der Waals surface area contributed by atoms with E-state index >= 15 is 0 Å². The third-order valence-electron chi connectivity index (χ3n) is 3.16. The van der Waals surface area contributed by atoms with Gasteiger partial charge in [-0.15, -0.1) is 0 Å². The Kier molecular flexibility index (Phi) is 2.60. The summed E-state index contributed by atoms with van der Waals surface area (Å²) in [4.78, 5) is 4.70. The van der Waals surface area contributed by atoms with E-state index in [4.69, 9.17) is 4.98 Å². The highest BCUT2D eigenvalue weighted by atomic mass is 14.7. The van der Waals surface area contributed by atoms with E-state index in [0.29, 0.717) is 0 Å². The van der Waals surface area contributed by atoms with Crippen molar-refractivity contribution >= 4 is 10.8 Å². The van der Waals surface area contributed by atoms with Gasteiger partial charge in [-0.05, 0) is 25.3 Å². The number of aryl methyl sites for hydroxylation is 2. The number of pyridine rings is 1. The van der Waals surface area contributed by atoms with E-state index in [1.807, 2.05) is 13.0 Å². The van der Waals surface area contributed by atoms with Gasteiger partial charge in [0.15, 0.2) is 0 Å². The van der Waals surface area contributed by atoms with Crippen LogP contribution in [0, 0.1) is 13.8 Å². The van der Waals surface area contributed by atoms with Crippen LogP contribution < -0.4 is 0 Å². The molecule has 3 rings (SSSR count). The third-order valence-corrected chi connectivity index (χ3v) is 3.16. The number of hydrogen-bond donors (Lipinski definition) is 0. The predicted molar refractivity (Wildman–Crippen MR) is 76.7 cm³/mol. The average molecular weight is 233 g/mol. The zero-order valence-electron chi connectivity index (χ0n) is 10.6. The summed E-state index contributed by atoms with van der Waals surface area (Å²) < 4.78 is 0. The summed E-state index contributed by atoms with van der Waals surface area (Å²) in [6, 6.07) is 19.0. The first kappa shape index (κ1) is 11.0. The summed E-state index contributed by atoms with van der Waals surface area (Å²) in [5.74, 6) is 0. The summed E-state index contributed by atoms with van der Waals surface area (Å²) in [6.07, 6.45) is 0. The fourth-order valence-electron chi connectivity index (χ4n) is 2.33. The second kappa shape index (κ2) is 4.26. The van der Waals surface area contributed by atoms with E-state index in [-0.39, 0.29) is 0 Å². The largest absolute Gasteiger partial charge is 0.252 e. The molecule has 1 heteroatoms. The quantitative estimate of drug-likeness (QED) is 0.602. The Morgan fingerprint density at radius 1 is 0.833 bits per heavy atom. The highest BCUT2D eigenvalue weighted by molar-refractivity contribution is 5.95. The maximum atomic E-state index is 4.70. The molecule has 0 aliphatic heterocycles. The third kappa shape index (κ3) is 1.88. The van der Waals surface area contributed by atoms with Crippen LogP contribution in [0.3, 0.4) is 0 Å². The van der Waals surface area contributed by atoms with E-state index in [0.717, 1.165) is 11.4 Å². The second-order valence-electron chi connectivity index (χ2n) is 4.70. The lowest BCUT2D eigenvalue weighted by Crippen LogP contribution is -1.90. The lowest BCUT2D eigenvalue weighted by Gasteiger charge is -2.08. The van der Waals surface area contributed by atoms with Gasteiger partial charge in [0, 0.05) is 16.6 Å². The van der Waals surface area contributed by atoms with Crippen molar-refractivity contribution in [3.05, 3.63) is 65.9 Å². The molecule has 0 aliphatic carbocycles. The van der Waals surface area contributed by atoms with Crippen molar-refractivity contribution < 1.29 is 0 Å². The Balaban J connectivity index is 2.35. The molecule has 2 aromatic carbocycles. The Labute approximate surface area is 107 Å². The Bertz CT molecular complexity index is 694. The lowest BCUT2D eigenvalue weighted by molar-refractivity contribution is 1.23. The Morgan fingerprint density at radius 2 is 1.61 bits per heavy atom. The summed E-state index contributed by atoms with van der Waals surface area (Å²) in [6.45, 7) is 4.17. The van der Waals surface area contributed by atoms with Crippen LogP contribution in [0.25, 0.3) is 22.0 Å². The molecular formula is C17H15N. The average Bonchev–Trinajstić information content (AvgIpc) is 2.38. The molecule has 0 radical (unpaired) electrons. The highest BCUT2D eigenvalue weighted by Gasteiger charge is 2.06. The van der Waals surface area contributed by atoms with Crippen LogP contribution in [0.5, 0.6) is 0 Å². The van der Waals surface area contributed by atoms with Crippen LogP contribution in [-0.4, -0.2) is 4.98 Å². The molecule has 88 valence electrons. The molecule has 0 saturated carbocycles. The Morgan fingerprint density at radius 3 is 2.39 bits per heavy atom. The van der Waals surface area contributed by atoms with Gasteiger partial charge >= 0.3 is 0 Å². The zero-order chi connectivity index (χ0) is 12.5. The van der Waals surface area contributed by atoms with Crippen molar-refractivity contribution in [1.82, 2.24) is 4.98 Å². The fraction of sp³-hybridized carbons (Fsp3) is 0.118. The molecule has 0 amide bonds. The van der Waals surface area contributed by atoms with Gasteiger partial charge in [0.05, 0.1) is 5.69 Å².